The van der Waals surface area contributed by atoms with E-state index in [1.54, 1.807) is 0 Å². The highest BCUT2D eigenvalue weighted by atomic mass is 35.5. The van der Waals surface area contributed by atoms with Gasteiger partial charge in [0.1, 0.15) is 6.04 Å². The van der Waals surface area contributed by atoms with Gasteiger partial charge in [-0.2, -0.15) is 0 Å². The fraction of sp³-hybridized carbons (Fsp3) is 0.500. The van der Waals surface area contributed by atoms with Crippen LogP contribution < -0.4 is 5.56 Å². The molecule has 0 aliphatic carbocycles. The molecule has 0 spiro atoms. The molecule has 5 heteroatoms. The predicted octanol–water partition coefficient (Wildman–Crippen LogP) is 2.41. The molecule has 0 aliphatic rings. The van der Waals surface area contributed by atoms with Crippen LogP contribution in [0.3, 0.4) is 0 Å². The topological polar surface area (TPSA) is 48.3 Å². The lowest BCUT2D eigenvalue weighted by Crippen LogP contribution is -2.30. The van der Waals surface area contributed by atoms with Gasteiger partial charge in [-0.25, -0.2) is 4.79 Å². The summed E-state index contributed by atoms with van der Waals surface area (Å²) in [6.45, 7) is 4.11. The molecule has 1 aromatic heterocycles. The van der Waals surface area contributed by atoms with E-state index in [0.717, 1.165) is 6.42 Å². The Morgan fingerprint density at radius 2 is 2.18 bits per heavy atom. The number of aromatic nitrogens is 1. The van der Waals surface area contributed by atoms with Gasteiger partial charge in [-0.15, -0.1) is 0 Å². The molecule has 1 rings (SSSR count). The number of esters is 1. The molecule has 0 fully saturated rings. The second-order valence-electron chi connectivity index (χ2n) is 3.68. The van der Waals surface area contributed by atoms with Gasteiger partial charge < -0.3 is 4.74 Å². The molecule has 0 N–H and O–H groups in total. The second kappa shape index (κ2) is 6.45. The number of hydrogen-bond donors (Lipinski definition) is 0. The van der Waals surface area contributed by atoms with Gasteiger partial charge in [-0.1, -0.05) is 25.4 Å². The highest BCUT2D eigenvalue weighted by Crippen LogP contribution is 2.14. The maximum atomic E-state index is 11.8. The van der Waals surface area contributed by atoms with E-state index in [9.17, 15) is 9.59 Å². The third-order valence-corrected chi connectivity index (χ3v) is 2.57. The van der Waals surface area contributed by atoms with Crippen molar-refractivity contribution in [2.24, 2.45) is 0 Å². The van der Waals surface area contributed by atoms with Gasteiger partial charge in [0.25, 0.3) is 5.56 Å². The van der Waals surface area contributed by atoms with Crippen molar-refractivity contribution in [3.8, 4) is 0 Å². The zero-order chi connectivity index (χ0) is 12.8. The van der Waals surface area contributed by atoms with Gasteiger partial charge in [-0.05, 0) is 18.9 Å². The van der Waals surface area contributed by atoms with Crippen LogP contribution in [-0.2, 0) is 9.53 Å². The lowest BCUT2D eigenvalue weighted by Gasteiger charge is -2.16. The van der Waals surface area contributed by atoms with E-state index in [-0.39, 0.29) is 5.56 Å². The summed E-state index contributed by atoms with van der Waals surface area (Å²) >= 11 is 5.82. The minimum atomic E-state index is -0.604. The van der Waals surface area contributed by atoms with Crippen molar-refractivity contribution < 1.29 is 9.53 Å². The Balaban J connectivity index is 2.97. The van der Waals surface area contributed by atoms with Crippen molar-refractivity contribution >= 4 is 17.6 Å². The van der Waals surface area contributed by atoms with Gasteiger partial charge in [-0.3, -0.25) is 9.36 Å². The van der Waals surface area contributed by atoms with Crippen molar-refractivity contribution in [2.75, 3.05) is 6.61 Å². The normalized spacial score (nSPS) is 12.2. The zero-order valence-corrected chi connectivity index (χ0v) is 10.7. The van der Waals surface area contributed by atoms with Crippen LogP contribution in [-0.4, -0.2) is 17.1 Å². The average Bonchev–Trinajstić information content (AvgIpc) is 2.32. The van der Waals surface area contributed by atoms with Gasteiger partial charge in [0.05, 0.1) is 11.6 Å². The molecule has 4 nitrogen and oxygen atoms in total. The van der Waals surface area contributed by atoms with Crippen LogP contribution in [0, 0.1) is 0 Å². The first-order valence-corrected chi connectivity index (χ1v) is 6.02. The van der Waals surface area contributed by atoms with Gasteiger partial charge in [0.2, 0.25) is 0 Å². The molecule has 0 amide bonds. The number of hydrogen-bond acceptors (Lipinski definition) is 3. The number of nitrogens with zero attached hydrogens (tertiary/aromatic N) is 1. The molecule has 94 valence electrons. The molecule has 1 aromatic rings. The summed E-state index contributed by atoms with van der Waals surface area (Å²) in [4.78, 5) is 23.4. The number of pyridine rings is 1. The van der Waals surface area contributed by atoms with Crippen LogP contribution in [0.1, 0.15) is 32.7 Å². The Kier molecular flexibility index (Phi) is 5.22. The third kappa shape index (κ3) is 3.60. The first kappa shape index (κ1) is 13.8. The monoisotopic (exact) mass is 257 g/mol. The van der Waals surface area contributed by atoms with Gasteiger partial charge >= 0.3 is 5.97 Å². The Morgan fingerprint density at radius 1 is 1.47 bits per heavy atom. The molecular weight excluding hydrogens is 242 g/mol. The summed E-state index contributed by atoms with van der Waals surface area (Å²) in [5.74, 6) is -0.390. The third-order valence-electron chi connectivity index (χ3n) is 2.35. The molecule has 1 heterocycles. The predicted molar refractivity (Wildman–Crippen MR) is 66.3 cm³/mol. The molecule has 1 atom stereocenters. The van der Waals surface area contributed by atoms with Crippen molar-refractivity contribution in [1.82, 2.24) is 4.57 Å². The largest absolute Gasteiger partial charge is 0.464 e. The number of rotatable bonds is 5. The van der Waals surface area contributed by atoms with Crippen LogP contribution in [0.15, 0.2) is 23.1 Å². The van der Waals surface area contributed by atoms with E-state index >= 15 is 0 Å². The van der Waals surface area contributed by atoms with Crippen molar-refractivity contribution in [2.45, 2.75) is 32.7 Å². The maximum absolute atomic E-state index is 11.8. The fourth-order valence-corrected chi connectivity index (χ4v) is 1.66. The summed E-state index contributed by atoms with van der Waals surface area (Å²) in [7, 11) is 0. The summed E-state index contributed by atoms with van der Waals surface area (Å²) in [6, 6.07) is 2.25. The van der Waals surface area contributed by atoms with E-state index in [0.29, 0.717) is 18.1 Å². The van der Waals surface area contributed by atoms with E-state index < -0.39 is 12.0 Å². The highest BCUT2D eigenvalue weighted by Gasteiger charge is 2.20. The summed E-state index contributed by atoms with van der Waals surface area (Å²) in [6.07, 6.45) is 2.71. The van der Waals surface area contributed by atoms with Gasteiger partial charge in [0, 0.05) is 12.3 Å². The highest BCUT2D eigenvalue weighted by molar-refractivity contribution is 6.30. The maximum Gasteiger partial charge on any atom is 0.329 e. The summed E-state index contributed by atoms with van der Waals surface area (Å²) in [5, 5.41) is 0.423. The molecule has 0 aromatic carbocycles. The quantitative estimate of drug-likeness (QED) is 0.761. The lowest BCUT2D eigenvalue weighted by atomic mass is 10.2. The lowest BCUT2D eigenvalue weighted by molar-refractivity contribution is -0.147. The Hall–Kier alpha value is -1.29. The van der Waals surface area contributed by atoms with Crippen molar-refractivity contribution in [1.29, 1.82) is 0 Å². The molecule has 0 aliphatic heterocycles. The molecule has 0 radical (unpaired) electrons. The number of carbonyl (C=O) groups excluding carboxylic acids is 1. The van der Waals surface area contributed by atoms with Gasteiger partial charge in [0.15, 0.2) is 0 Å². The first-order chi connectivity index (χ1) is 8.10. The van der Waals surface area contributed by atoms with Crippen LogP contribution in [0.25, 0.3) is 0 Å². The molecule has 17 heavy (non-hydrogen) atoms. The number of ether oxygens (including phenoxy) is 1. The number of carbonyl (C=O) groups is 1. The van der Waals surface area contributed by atoms with Crippen molar-refractivity contribution in [3.05, 3.63) is 33.7 Å². The SMILES string of the molecule is CCCOC(=O)C(CC)n1cc(Cl)ccc1=O. The van der Waals surface area contributed by atoms with Crippen LogP contribution in [0.4, 0.5) is 0 Å². The second-order valence-corrected chi connectivity index (χ2v) is 4.12. The Morgan fingerprint density at radius 3 is 2.76 bits per heavy atom. The number of halogens is 1. The van der Waals surface area contributed by atoms with E-state index in [2.05, 4.69) is 0 Å². The molecule has 1 unspecified atom stereocenters. The Labute approximate surface area is 105 Å². The molecule has 0 bridgehead atoms. The minimum Gasteiger partial charge on any atom is -0.464 e. The fourth-order valence-electron chi connectivity index (χ4n) is 1.50. The van der Waals surface area contributed by atoms with Crippen LogP contribution >= 0.6 is 11.6 Å². The van der Waals surface area contributed by atoms with E-state index in [1.165, 1.54) is 22.9 Å². The smallest absolute Gasteiger partial charge is 0.329 e. The van der Waals surface area contributed by atoms with E-state index in [1.807, 2.05) is 13.8 Å². The molecule has 0 saturated heterocycles. The zero-order valence-electron chi connectivity index (χ0n) is 9.98. The van der Waals surface area contributed by atoms with Crippen LogP contribution in [0.2, 0.25) is 5.02 Å². The van der Waals surface area contributed by atoms with Crippen molar-refractivity contribution in [3.63, 3.8) is 0 Å². The Bertz CT molecular complexity index is 442. The summed E-state index contributed by atoms with van der Waals surface area (Å²) < 4.78 is 6.37. The van der Waals surface area contributed by atoms with Crippen LogP contribution in [0.5, 0.6) is 0 Å². The molecular formula is C12H16ClNO3. The standard InChI is InChI=1S/C12H16ClNO3/c1-3-7-17-12(16)10(4-2)14-8-9(13)5-6-11(14)15/h5-6,8,10H,3-4,7H2,1-2H3. The van der Waals surface area contributed by atoms with E-state index in [4.69, 9.17) is 16.3 Å². The average molecular weight is 258 g/mol. The first-order valence-electron chi connectivity index (χ1n) is 5.64. The minimum absolute atomic E-state index is 0.255. The molecule has 0 saturated carbocycles. The summed E-state index contributed by atoms with van der Waals surface area (Å²) in [5.41, 5.74) is -0.255.